The lowest BCUT2D eigenvalue weighted by atomic mass is 10.0. The molecule has 2 aliphatic heterocycles. The molecule has 5 rings (SSSR count). The van der Waals surface area contributed by atoms with Crippen molar-refractivity contribution < 1.29 is 4.74 Å². The molecule has 5 heteroatoms. The Morgan fingerprint density at radius 3 is 2.17 bits per heavy atom. The number of aromatic nitrogens is 1. The number of ether oxygens (including phenoxy) is 1. The van der Waals surface area contributed by atoms with E-state index in [1.165, 1.54) is 44.3 Å². The maximum absolute atomic E-state index is 6.54. The van der Waals surface area contributed by atoms with E-state index in [-0.39, 0.29) is 0 Å². The van der Waals surface area contributed by atoms with Gasteiger partial charge >= 0.3 is 0 Å². The summed E-state index contributed by atoms with van der Waals surface area (Å²) in [5.41, 5.74) is 10.2. The van der Waals surface area contributed by atoms with E-state index in [1.807, 2.05) is 6.07 Å². The molecule has 0 unspecified atom stereocenters. The van der Waals surface area contributed by atoms with Crippen molar-refractivity contribution in [3.63, 3.8) is 0 Å². The molecule has 2 aromatic rings. The Morgan fingerprint density at radius 1 is 0.900 bits per heavy atom. The van der Waals surface area contributed by atoms with Crippen LogP contribution in [0.15, 0.2) is 42.6 Å². The van der Waals surface area contributed by atoms with Crippen LogP contribution in [0.2, 0.25) is 0 Å². The summed E-state index contributed by atoms with van der Waals surface area (Å²) in [5.74, 6) is 0.610. The smallest absolute Gasteiger partial charge is 0.123 e. The quantitative estimate of drug-likeness (QED) is 0.826. The van der Waals surface area contributed by atoms with Crippen molar-refractivity contribution in [3.8, 4) is 0 Å². The topological polar surface area (TPSA) is 54.6 Å². The molecule has 3 aliphatic rings. The monoisotopic (exact) mass is 406 g/mol. The van der Waals surface area contributed by atoms with Crippen LogP contribution in [0.5, 0.6) is 0 Å². The van der Waals surface area contributed by atoms with Gasteiger partial charge in [-0.25, -0.2) is 4.98 Å². The van der Waals surface area contributed by atoms with E-state index in [1.54, 1.807) is 17.3 Å². The summed E-state index contributed by atoms with van der Waals surface area (Å²) in [6.07, 6.45) is 9.77. The molecule has 0 atom stereocenters. The van der Waals surface area contributed by atoms with E-state index >= 15 is 0 Å². The molecule has 0 radical (unpaired) electrons. The van der Waals surface area contributed by atoms with Crippen molar-refractivity contribution in [2.24, 2.45) is 0 Å². The highest BCUT2D eigenvalue weighted by atomic mass is 16.5. The average Bonchev–Trinajstić information content (AvgIpc) is 3.20. The van der Waals surface area contributed by atoms with Gasteiger partial charge in [0.05, 0.1) is 12.2 Å². The fraction of sp³-hybridized carbons (Fsp3) is 0.560. The van der Waals surface area contributed by atoms with Crippen molar-refractivity contribution in [3.05, 3.63) is 59.3 Å². The number of rotatable bonds is 5. The molecule has 0 amide bonds. The minimum Gasteiger partial charge on any atom is -0.384 e. The minimum atomic E-state index is 0.427. The molecular weight excluding hydrogens is 372 g/mol. The van der Waals surface area contributed by atoms with Crippen LogP contribution in [0.4, 0.5) is 5.82 Å². The number of nitrogen functional groups attached to an aromatic ring is 1. The van der Waals surface area contributed by atoms with Crippen molar-refractivity contribution in [2.45, 2.75) is 63.3 Å². The first-order chi connectivity index (χ1) is 14.7. The summed E-state index contributed by atoms with van der Waals surface area (Å²) < 4.78 is 6.54. The number of nitrogens with zero attached hydrogens (tertiary/aromatic N) is 3. The number of pyridine rings is 1. The summed E-state index contributed by atoms with van der Waals surface area (Å²) in [6, 6.07) is 13.7. The number of piperidine rings is 2. The Hall–Kier alpha value is -1.95. The summed E-state index contributed by atoms with van der Waals surface area (Å²) in [7, 11) is 0. The summed E-state index contributed by atoms with van der Waals surface area (Å²) in [6.45, 7) is 5.54. The van der Waals surface area contributed by atoms with Crippen LogP contribution in [0.1, 0.15) is 42.4 Å². The Bertz CT molecular complexity index is 816. The molecule has 1 aromatic heterocycles. The highest BCUT2D eigenvalue weighted by molar-refractivity contribution is 5.33. The molecular formula is C25H34N4O. The van der Waals surface area contributed by atoms with Crippen LogP contribution >= 0.6 is 0 Å². The molecule has 5 nitrogen and oxygen atoms in total. The Balaban J connectivity index is 1.03. The van der Waals surface area contributed by atoms with E-state index in [0.717, 1.165) is 32.5 Å². The van der Waals surface area contributed by atoms with Crippen LogP contribution < -0.4 is 5.73 Å². The number of hydrogen-bond donors (Lipinski definition) is 1. The van der Waals surface area contributed by atoms with Gasteiger partial charge in [0.1, 0.15) is 5.82 Å². The molecule has 160 valence electrons. The van der Waals surface area contributed by atoms with Gasteiger partial charge in [-0.3, -0.25) is 9.80 Å². The SMILES string of the molecule is Nc1cc(CN2CCC(OC3CCN(C4Cc5ccccc5C4)CC3)CC2)ccn1. The van der Waals surface area contributed by atoms with Crippen LogP contribution in [0.3, 0.4) is 0 Å². The molecule has 2 fully saturated rings. The molecule has 0 spiro atoms. The number of fused-ring (bicyclic) bond motifs is 1. The maximum atomic E-state index is 6.54. The van der Waals surface area contributed by atoms with Crippen molar-refractivity contribution >= 4 is 5.82 Å². The Kier molecular flexibility index (Phi) is 6.02. The van der Waals surface area contributed by atoms with Crippen LogP contribution in [0, 0.1) is 0 Å². The summed E-state index contributed by atoms with van der Waals surface area (Å²) in [4.78, 5) is 9.31. The second kappa shape index (κ2) is 9.04. The first-order valence-corrected chi connectivity index (χ1v) is 11.6. The van der Waals surface area contributed by atoms with E-state index in [2.05, 4.69) is 45.1 Å². The molecule has 3 heterocycles. The first-order valence-electron chi connectivity index (χ1n) is 11.6. The highest BCUT2D eigenvalue weighted by Crippen LogP contribution is 2.29. The van der Waals surface area contributed by atoms with Gasteiger partial charge in [-0.15, -0.1) is 0 Å². The zero-order valence-corrected chi connectivity index (χ0v) is 17.9. The van der Waals surface area contributed by atoms with E-state index in [0.29, 0.717) is 24.1 Å². The number of anilines is 1. The third-order valence-corrected chi connectivity index (χ3v) is 7.19. The van der Waals surface area contributed by atoms with Crippen molar-refractivity contribution in [1.29, 1.82) is 0 Å². The average molecular weight is 407 g/mol. The van der Waals surface area contributed by atoms with Crippen LogP contribution in [-0.4, -0.2) is 59.2 Å². The lowest BCUT2D eigenvalue weighted by molar-refractivity contribution is -0.0690. The zero-order valence-electron chi connectivity index (χ0n) is 17.9. The predicted molar refractivity (Wildman–Crippen MR) is 120 cm³/mol. The summed E-state index contributed by atoms with van der Waals surface area (Å²) >= 11 is 0. The molecule has 30 heavy (non-hydrogen) atoms. The lowest BCUT2D eigenvalue weighted by Crippen LogP contribution is -2.45. The number of nitrogens with two attached hydrogens (primary N) is 1. The van der Waals surface area contributed by atoms with Gasteiger partial charge in [-0.1, -0.05) is 24.3 Å². The fourth-order valence-electron chi connectivity index (χ4n) is 5.50. The molecule has 0 bridgehead atoms. The molecule has 2 saturated heterocycles. The van der Waals surface area contributed by atoms with E-state index in [4.69, 9.17) is 10.5 Å². The second-order valence-electron chi connectivity index (χ2n) is 9.27. The third-order valence-electron chi connectivity index (χ3n) is 7.19. The van der Waals surface area contributed by atoms with E-state index < -0.39 is 0 Å². The van der Waals surface area contributed by atoms with Crippen LogP contribution in [0.25, 0.3) is 0 Å². The molecule has 2 N–H and O–H groups in total. The fourth-order valence-corrected chi connectivity index (χ4v) is 5.50. The molecule has 1 aromatic carbocycles. The Labute approximate surface area is 180 Å². The van der Waals surface area contributed by atoms with Crippen molar-refractivity contribution in [1.82, 2.24) is 14.8 Å². The highest BCUT2D eigenvalue weighted by Gasteiger charge is 2.31. The predicted octanol–water partition coefficient (Wildman–Crippen LogP) is 3.28. The number of hydrogen-bond acceptors (Lipinski definition) is 5. The molecule has 1 aliphatic carbocycles. The third kappa shape index (κ3) is 4.69. The number of likely N-dealkylation sites (tertiary alicyclic amines) is 2. The normalized spacial score (nSPS) is 22.4. The van der Waals surface area contributed by atoms with Gasteiger partial charge in [-0.05, 0) is 67.3 Å². The lowest BCUT2D eigenvalue weighted by Gasteiger charge is -2.39. The van der Waals surface area contributed by atoms with Gasteiger partial charge < -0.3 is 10.5 Å². The second-order valence-corrected chi connectivity index (χ2v) is 9.27. The van der Waals surface area contributed by atoms with Crippen molar-refractivity contribution in [2.75, 3.05) is 31.9 Å². The van der Waals surface area contributed by atoms with Crippen LogP contribution in [-0.2, 0) is 24.1 Å². The summed E-state index contributed by atoms with van der Waals surface area (Å²) in [5, 5.41) is 0. The van der Waals surface area contributed by atoms with Gasteiger partial charge in [0, 0.05) is 45.0 Å². The van der Waals surface area contributed by atoms with Gasteiger partial charge in [0.15, 0.2) is 0 Å². The van der Waals surface area contributed by atoms with Gasteiger partial charge in [0.25, 0.3) is 0 Å². The van der Waals surface area contributed by atoms with Gasteiger partial charge in [0.2, 0.25) is 0 Å². The zero-order chi connectivity index (χ0) is 20.3. The number of benzene rings is 1. The van der Waals surface area contributed by atoms with E-state index in [9.17, 15) is 0 Å². The Morgan fingerprint density at radius 2 is 1.53 bits per heavy atom. The van der Waals surface area contributed by atoms with Gasteiger partial charge in [-0.2, -0.15) is 0 Å². The standard InChI is InChI=1S/C25H34N4O/c26-25-15-19(5-10-27-25)18-28-11-6-23(7-12-28)30-24-8-13-29(14-9-24)22-16-20-3-1-2-4-21(20)17-22/h1-5,10,15,22-24H,6-9,11-14,16-18H2,(H2,26,27). The maximum Gasteiger partial charge on any atom is 0.123 e. The first kappa shape index (κ1) is 20.0. The minimum absolute atomic E-state index is 0.427. The molecule has 0 saturated carbocycles. The largest absolute Gasteiger partial charge is 0.384 e.